The van der Waals surface area contributed by atoms with Crippen molar-refractivity contribution in [3.8, 4) is 5.75 Å². The summed E-state index contributed by atoms with van der Waals surface area (Å²) in [6, 6.07) is 20.7. The Kier molecular flexibility index (Phi) is 15.2. The van der Waals surface area contributed by atoms with Gasteiger partial charge in [-0.3, -0.25) is 19.2 Å². The van der Waals surface area contributed by atoms with Gasteiger partial charge < -0.3 is 50.2 Å². The summed E-state index contributed by atoms with van der Waals surface area (Å²) in [4.78, 5) is 83.8. The molecule has 1 unspecified atom stereocenters. The predicted octanol–water partition coefficient (Wildman–Crippen LogP) is 6.40. The second-order valence-electron chi connectivity index (χ2n) is 17.0. The molecule has 6 amide bonds. The zero-order chi connectivity index (χ0) is 45.4. The summed E-state index contributed by atoms with van der Waals surface area (Å²) in [5, 5.41) is 11.3. The van der Waals surface area contributed by atoms with Gasteiger partial charge in [0.1, 0.15) is 29.9 Å². The molecule has 16 nitrogen and oxygen atoms in total. The molecule has 0 aromatic heterocycles. The monoisotopic (exact) mass is 867 g/mol. The number of amides is 6. The number of nitrogens with one attached hydrogen (secondary N) is 4. The molecule has 3 fully saturated rings. The highest BCUT2D eigenvalue weighted by Crippen LogP contribution is 2.47. The maximum Gasteiger partial charge on any atom is 0.407 e. The van der Waals surface area contributed by atoms with Crippen molar-refractivity contribution in [3.05, 3.63) is 83.9 Å². The third-order valence-electron chi connectivity index (χ3n) is 12.3. The smallest absolute Gasteiger partial charge is 0.407 e. The highest BCUT2D eigenvalue weighted by Gasteiger charge is 2.41. The summed E-state index contributed by atoms with van der Waals surface area (Å²) >= 11 is 0. The molecule has 0 radical (unpaired) electrons. The molecule has 3 heterocycles. The zero-order valence-corrected chi connectivity index (χ0v) is 37.2. The van der Waals surface area contributed by atoms with E-state index in [2.05, 4.69) is 26.2 Å². The van der Waals surface area contributed by atoms with Crippen LogP contribution in [0.15, 0.2) is 72.8 Å². The standard InChI is InChI=1S/C47H61N7O9/c1-28(2)40(50-46(59)62-6)44(57)52-26-8-10-38(52)42(55)48-32-16-12-30(13-17-32)36-24-25-37(54(36)34-20-22-35(61-5)23-21-34)31-14-18-33(19-15-31)49-43(56)39-11-9-27-53(39)45(58)41(29(3)4)51-47(60)63-7/h12-23,28-29,36-41H,8-11,24-27H2,1-7H3,(H,48,55)(H,49,56)(H,50,59)(H,51,60)/t36-,37?,38-,39-,40-,41-/m0/s1. The zero-order valence-electron chi connectivity index (χ0n) is 37.2. The molecular formula is C47H61N7O9. The van der Waals surface area contributed by atoms with Crippen LogP contribution in [-0.2, 0) is 28.7 Å². The maximum atomic E-state index is 13.6. The minimum absolute atomic E-state index is 0.0000255. The third kappa shape index (κ3) is 10.7. The normalized spacial score (nSPS) is 20.6. The van der Waals surface area contributed by atoms with Crippen LogP contribution in [0.3, 0.4) is 0 Å². The lowest BCUT2D eigenvalue weighted by atomic mass is 10.0. The number of nitrogens with zero attached hydrogens (tertiary/aromatic N) is 3. The van der Waals surface area contributed by atoms with Crippen LogP contribution >= 0.6 is 0 Å². The Bertz CT molecular complexity index is 1970. The summed E-state index contributed by atoms with van der Waals surface area (Å²) < 4.78 is 14.9. The minimum Gasteiger partial charge on any atom is -0.497 e. The van der Waals surface area contributed by atoms with Crippen molar-refractivity contribution in [2.45, 2.75) is 102 Å². The molecule has 4 N–H and O–H groups in total. The number of carbonyl (C=O) groups excluding carboxylic acids is 6. The Hall–Kier alpha value is -6.32. The first-order valence-electron chi connectivity index (χ1n) is 21.8. The molecule has 3 aromatic carbocycles. The average molecular weight is 868 g/mol. The number of rotatable bonds is 14. The highest BCUT2D eigenvalue weighted by atomic mass is 16.5. The first-order chi connectivity index (χ1) is 30.2. The molecule has 0 saturated carbocycles. The van der Waals surface area contributed by atoms with Gasteiger partial charge in [-0.1, -0.05) is 52.0 Å². The van der Waals surface area contributed by atoms with E-state index >= 15 is 0 Å². The number of hydrogen-bond acceptors (Lipinski definition) is 10. The summed E-state index contributed by atoms with van der Waals surface area (Å²) in [5.41, 5.74) is 4.37. The molecule has 3 aliphatic rings. The highest BCUT2D eigenvalue weighted by molar-refractivity contribution is 5.99. The van der Waals surface area contributed by atoms with Crippen molar-refractivity contribution in [1.82, 2.24) is 20.4 Å². The van der Waals surface area contributed by atoms with E-state index in [-0.39, 0.29) is 47.5 Å². The number of hydrogen-bond donors (Lipinski definition) is 4. The van der Waals surface area contributed by atoms with Gasteiger partial charge in [0.25, 0.3) is 0 Å². The molecule has 338 valence electrons. The molecule has 6 rings (SSSR count). The van der Waals surface area contributed by atoms with Crippen molar-refractivity contribution in [2.75, 3.05) is 50.0 Å². The van der Waals surface area contributed by atoms with E-state index in [9.17, 15) is 28.8 Å². The molecule has 0 bridgehead atoms. The molecule has 63 heavy (non-hydrogen) atoms. The number of likely N-dealkylation sites (tertiary alicyclic amines) is 2. The second-order valence-corrected chi connectivity index (χ2v) is 17.0. The van der Waals surface area contributed by atoms with Crippen LogP contribution in [0.25, 0.3) is 0 Å². The summed E-state index contributed by atoms with van der Waals surface area (Å²) in [6.07, 6.45) is 2.69. The third-order valence-corrected chi connectivity index (χ3v) is 12.3. The lowest BCUT2D eigenvalue weighted by Crippen LogP contribution is -2.54. The minimum atomic E-state index is -0.817. The molecule has 6 atom stereocenters. The molecule has 0 spiro atoms. The fraction of sp³-hybridized carbons (Fsp3) is 0.489. The van der Waals surface area contributed by atoms with Crippen LogP contribution in [0.5, 0.6) is 5.75 Å². The van der Waals surface area contributed by atoms with Crippen LogP contribution in [0.1, 0.15) is 89.4 Å². The van der Waals surface area contributed by atoms with Crippen LogP contribution in [-0.4, -0.2) is 104 Å². The Morgan fingerprint density at radius 3 is 1.30 bits per heavy atom. The lowest BCUT2D eigenvalue weighted by Gasteiger charge is -2.33. The molecule has 3 aromatic rings. The molecule has 3 aliphatic heterocycles. The Labute approximate surface area is 369 Å². The van der Waals surface area contributed by atoms with Gasteiger partial charge in [0.05, 0.1) is 33.4 Å². The number of anilines is 3. The lowest BCUT2D eigenvalue weighted by molar-refractivity contribution is -0.139. The summed E-state index contributed by atoms with van der Waals surface area (Å²) in [6.45, 7) is 8.18. The van der Waals surface area contributed by atoms with E-state index < -0.39 is 36.4 Å². The number of ether oxygens (including phenoxy) is 3. The van der Waals surface area contributed by atoms with Crippen LogP contribution in [0, 0.1) is 11.8 Å². The predicted molar refractivity (Wildman–Crippen MR) is 238 cm³/mol. The van der Waals surface area contributed by atoms with Gasteiger partial charge in [-0.2, -0.15) is 0 Å². The summed E-state index contributed by atoms with van der Waals surface area (Å²) in [7, 11) is 4.13. The van der Waals surface area contributed by atoms with E-state index in [0.717, 1.165) is 35.4 Å². The van der Waals surface area contributed by atoms with E-state index in [1.54, 1.807) is 16.9 Å². The van der Waals surface area contributed by atoms with Crippen molar-refractivity contribution < 1.29 is 43.0 Å². The van der Waals surface area contributed by atoms with Gasteiger partial charge in [-0.15, -0.1) is 0 Å². The van der Waals surface area contributed by atoms with Gasteiger partial charge in [-0.05, 0) is 110 Å². The summed E-state index contributed by atoms with van der Waals surface area (Å²) in [5.74, 6) is -0.848. The first-order valence-corrected chi connectivity index (χ1v) is 21.8. The quantitative estimate of drug-likeness (QED) is 0.141. The fourth-order valence-corrected chi connectivity index (χ4v) is 8.97. The number of carbonyl (C=O) groups is 6. The van der Waals surface area contributed by atoms with Gasteiger partial charge in [0.2, 0.25) is 23.6 Å². The first kappa shape index (κ1) is 46.2. The SMILES string of the molecule is COC(=O)N[C@H](C(=O)N1CCC[C@H]1C(=O)Nc1ccc(C2CC[C@@H](c3ccc(NC(=O)[C@@H]4CCCN4C(=O)[C@@H](NC(=O)OC)C(C)C)cc3)N2c2ccc(OC)cc2)cc1)C(C)C. The van der Waals surface area contributed by atoms with Crippen molar-refractivity contribution >= 4 is 52.9 Å². The maximum absolute atomic E-state index is 13.6. The average Bonchev–Trinajstić information content (AvgIpc) is 4.08. The number of methoxy groups -OCH3 is 3. The van der Waals surface area contributed by atoms with Crippen molar-refractivity contribution in [2.24, 2.45) is 11.8 Å². The molecular weight excluding hydrogens is 807 g/mol. The topological polar surface area (TPSA) is 188 Å². The molecule has 3 saturated heterocycles. The van der Waals surface area contributed by atoms with E-state index in [0.29, 0.717) is 50.1 Å². The fourth-order valence-electron chi connectivity index (χ4n) is 8.97. The Morgan fingerprint density at radius 2 is 0.952 bits per heavy atom. The van der Waals surface area contributed by atoms with Gasteiger partial charge in [0, 0.05) is 30.2 Å². The van der Waals surface area contributed by atoms with E-state index in [1.165, 1.54) is 14.2 Å². The Balaban J connectivity index is 1.14. The number of benzene rings is 3. The largest absolute Gasteiger partial charge is 0.497 e. The molecule has 16 heteroatoms. The van der Waals surface area contributed by atoms with Crippen LogP contribution < -0.4 is 30.9 Å². The Morgan fingerprint density at radius 1 is 0.556 bits per heavy atom. The van der Waals surface area contributed by atoms with Gasteiger partial charge >= 0.3 is 12.2 Å². The molecule has 0 aliphatic carbocycles. The second kappa shape index (κ2) is 20.7. The van der Waals surface area contributed by atoms with E-state index in [4.69, 9.17) is 14.2 Å². The van der Waals surface area contributed by atoms with Crippen LogP contribution in [0.4, 0.5) is 26.7 Å². The van der Waals surface area contributed by atoms with Crippen LogP contribution in [0.2, 0.25) is 0 Å². The van der Waals surface area contributed by atoms with E-state index in [1.807, 2.05) is 100 Å². The van der Waals surface area contributed by atoms with Crippen molar-refractivity contribution in [3.63, 3.8) is 0 Å². The van der Waals surface area contributed by atoms with Gasteiger partial charge in [-0.25, -0.2) is 9.59 Å². The number of alkyl carbamates (subject to hydrolysis) is 2. The van der Waals surface area contributed by atoms with Crippen molar-refractivity contribution in [1.29, 1.82) is 0 Å². The van der Waals surface area contributed by atoms with Gasteiger partial charge in [0.15, 0.2) is 0 Å².